The molecule has 6 heteroatoms. The minimum atomic E-state index is -1.000. The maximum atomic E-state index is 11.5. The Bertz CT molecular complexity index is 665. The van der Waals surface area contributed by atoms with E-state index in [2.05, 4.69) is 9.97 Å². The second kappa shape index (κ2) is 6.38. The average Bonchev–Trinajstić information content (AvgIpc) is 2.36. The van der Waals surface area contributed by atoms with E-state index < -0.39 is 5.97 Å². The van der Waals surface area contributed by atoms with Crippen LogP contribution in [-0.4, -0.2) is 21.0 Å². The number of carboxylic acids is 1. The van der Waals surface area contributed by atoms with Gasteiger partial charge in [-0.25, -0.2) is 4.98 Å². The molecule has 2 rings (SSSR count). The maximum absolute atomic E-state index is 11.5. The summed E-state index contributed by atoms with van der Waals surface area (Å²) in [6.45, 7) is 2.02. The second-order valence-corrected chi connectivity index (χ2v) is 5.40. The minimum absolute atomic E-state index is 0.244. The number of benzene rings is 1. The third-order valence-corrected chi connectivity index (χ3v) is 3.60. The van der Waals surface area contributed by atoms with Gasteiger partial charge >= 0.3 is 5.97 Å². The highest BCUT2D eigenvalue weighted by molar-refractivity contribution is 7.98. The molecule has 2 aromatic rings. The first-order valence-electron chi connectivity index (χ1n) is 6.03. The predicted octanol–water partition coefficient (Wildman–Crippen LogP) is 2.00. The molecule has 0 radical (unpaired) electrons. The summed E-state index contributed by atoms with van der Waals surface area (Å²) in [5.41, 5.74) is 1.14. The zero-order valence-corrected chi connectivity index (χ0v) is 11.7. The van der Waals surface area contributed by atoms with Crippen LogP contribution < -0.4 is 5.56 Å². The number of hydrogen-bond acceptors (Lipinski definition) is 4. The molecule has 2 N–H and O–H groups in total. The lowest BCUT2D eigenvalue weighted by Crippen LogP contribution is -2.14. The van der Waals surface area contributed by atoms with Gasteiger partial charge in [0.05, 0.1) is 17.9 Å². The summed E-state index contributed by atoms with van der Waals surface area (Å²) in [7, 11) is 0. The van der Waals surface area contributed by atoms with Crippen LogP contribution in [0.1, 0.15) is 17.1 Å². The number of rotatable bonds is 5. The molecular weight excluding hydrogens is 276 g/mol. The van der Waals surface area contributed by atoms with Gasteiger partial charge in [0.2, 0.25) is 0 Å². The van der Waals surface area contributed by atoms with Crippen molar-refractivity contribution in [3.05, 3.63) is 57.8 Å². The molecule has 0 atom stereocenters. The number of aromatic amines is 1. The smallest absolute Gasteiger partial charge is 0.309 e. The molecule has 0 aliphatic carbocycles. The van der Waals surface area contributed by atoms with Gasteiger partial charge in [-0.15, -0.1) is 11.8 Å². The third-order valence-electron chi connectivity index (χ3n) is 2.57. The number of carbonyl (C=O) groups is 1. The largest absolute Gasteiger partial charge is 0.481 e. The highest BCUT2D eigenvalue weighted by atomic mass is 32.2. The van der Waals surface area contributed by atoms with Crippen LogP contribution in [0.4, 0.5) is 0 Å². The van der Waals surface area contributed by atoms with Gasteiger partial charge in [-0.05, 0) is 19.1 Å². The number of hydrogen-bond donors (Lipinski definition) is 2. The Morgan fingerprint density at radius 3 is 2.70 bits per heavy atom. The Kier molecular flexibility index (Phi) is 4.57. The first kappa shape index (κ1) is 14.3. The lowest BCUT2D eigenvalue weighted by atomic mass is 10.2. The van der Waals surface area contributed by atoms with Crippen LogP contribution in [0.15, 0.2) is 40.0 Å². The normalized spacial score (nSPS) is 10.4. The van der Waals surface area contributed by atoms with Gasteiger partial charge in [-0.1, -0.05) is 17.7 Å². The van der Waals surface area contributed by atoms with Gasteiger partial charge in [0, 0.05) is 11.0 Å². The number of aryl methyl sites for hydroxylation is 1. The molecule has 0 bridgehead atoms. The van der Waals surface area contributed by atoms with E-state index in [0.717, 1.165) is 4.90 Å². The van der Waals surface area contributed by atoms with Crippen molar-refractivity contribution < 1.29 is 9.90 Å². The summed E-state index contributed by atoms with van der Waals surface area (Å²) in [6, 6.07) is 9.24. The van der Waals surface area contributed by atoms with Crippen molar-refractivity contribution in [2.45, 2.75) is 24.0 Å². The monoisotopic (exact) mass is 290 g/mol. The molecule has 0 spiro atoms. The van der Waals surface area contributed by atoms with Crippen molar-refractivity contribution in [2.24, 2.45) is 0 Å². The first-order chi connectivity index (χ1) is 9.52. The fourth-order valence-electron chi connectivity index (χ4n) is 1.66. The van der Waals surface area contributed by atoms with Crippen LogP contribution in [0.5, 0.6) is 0 Å². The fourth-order valence-corrected chi connectivity index (χ4v) is 2.43. The van der Waals surface area contributed by atoms with Gasteiger partial charge in [-0.2, -0.15) is 0 Å². The van der Waals surface area contributed by atoms with Crippen LogP contribution in [0.3, 0.4) is 0 Å². The van der Waals surface area contributed by atoms with Crippen LogP contribution >= 0.6 is 11.8 Å². The molecule has 0 saturated carbocycles. The third kappa shape index (κ3) is 4.24. The van der Waals surface area contributed by atoms with E-state index in [1.54, 1.807) is 0 Å². The second-order valence-electron chi connectivity index (χ2n) is 4.36. The van der Waals surface area contributed by atoms with E-state index in [4.69, 9.17) is 5.11 Å². The minimum Gasteiger partial charge on any atom is -0.481 e. The molecule has 1 aromatic heterocycles. The molecule has 0 aliphatic rings. The standard InChI is InChI=1S/C14H14N2O3S/c1-9-2-4-11(5-3-9)20-8-12-15-10(7-14(18)19)6-13(17)16-12/h2-6H,7-8H2,1H3,(H,18,19)(H,15,16,17). The molecule has 1 aromatic carbocycles. The summed E-state index contributed by atoms with van der Waals surface area (Å²) < 4.78 is 0. The van der Waals surface area contributed by atoms with Crippen LogP contribution in [0.25, 0.3) is 0 Å². The van der Waals surface area contributed by atoms with Crippen molar-refractivity contribution in [1.29, 1.82) is 0 Å². The molecule has 0 saturated heterocycles. The zero-order valence-electron chi connectivity index (χ0n) is 10.9. The molecule has 0 unspecified atom stereocenters. The van der Waals surface area contributed by atoms with Crippen molar-refractivity contribution in [3.63, 3.8) is 0 Å². The van der Waals surface area contributed by atoms with E-state index >= 15 is 0 Å². The summed E-state index contributed by atoms with van der Waals surface area (Å²) in [6.07, 6.45) is -0.244. The van der Waals surface area contributed by atoms with Crippen molar-refractivity contribution in [2.75, 3.05) is 0 Å². The number of nitrogens with zero attached hydrogens (tertiary/aromatic N) is 1. The maximum Gasteiger partial charge on any atom is 0.309 e. The van der Waals surface area contributed by atoms with Gasteiger partial charge in [0.15, 0.2) is 0 Å². The van der Waals surface area contributed by atoms with Crippen LogP contribution in [0, 0.1) is 6.92 Å². The van der Waals surface area contributed by atoms with Crippen molar-refractivity contribution >= 4 is 17.7 Å². The summed E-state index contributed by atoms with van der Waals surface area (Å²) >= 11 is 1.54. The van der Waals surface area contributed by atoms with E-state index in [0.29, 0.717) is 11.6 Å². The quantitative estimate of drug-likeness (QED) is 0.823. The van der Waals surface area contributed by atoms with Crippen LogP contribution in [0.2, 0.25) is 0 Å². The topological polar surface area (TPSA) is 83.0 Å². The summed E-state index contributed by atoms with van der Waals surface area (Å²) in [4.78, 5) is 29.9. The molecule has 1 heterocycles. The van der Waals surface area contributed by atoms with Crippen LogP contribution in [-0.2, 0) is 17.0 Å². The molecule has 0 amide bonds. The number of aromatic nitrogens is 2. The summed E-state index contributed by atoms with van der Waals surface area (Å²) in [5, 5.41) is 8.73. The molecule has 104 valence electrons. The van der Waals surface area contributed by atoms with Gasteiger partial charge in [0.1, 0.15) is 5.82 Å². The number of carboxylic acid groups (broad SMARTS) is 1. The first-order valence-corrected chi connectivity index (χ1v) is 7.02. The number of H-pyrrole nitrogens is 1. The van der Waals surface area contributed by atoms with Gasteiger partial charge < -0.3 is 10.1 Å². The molecule has 20 heavy (non-hydrogen) atoms. The highest BCUT2D eigenvalue weighted by Gasteiger charge is 2.06. The Balaban J connectivity index is 2.09. The molecule has 5 nitrogen and oxygen atoms in total. The lowest BCUT2D eigenvalue weighted by Gasteiger charge is -2.03. The molecule has 0 fully saturated rings. The average molecular weight is 290 g/mol. The Morgan fingerprint density at radius 2 is 2.05 bits per heavy atom. The zero-order chi connectivity index (χ0) is 14.5. The highest BCUT2D eigenvalue weighted by Crippen LogP contribution is 2.21. The predicted molar refractivity (Wildman–Crippen MR) is 76.9 cm³/mol. The Morgan fingerprint density at radius 1 is 1.35 bits per heavy atom. The fraction of sp³-hybridized carbons (Fsp3) is 0.214. The number of aliphatic carboxylic acids is 1. The SMILES string of the molecule is Cc1ccc(SCc2nc(CC(=O)O)cc(=O)[nH]2)cc1. The Hall–Kier alpha value is -2.08. The molecular formula is C14H14N2O3S. The van der Waals surface area contributed by atoms with Crippen molar-refractivity contribution in [1.82, 2.24) is 9.97 Å². The summed E-state index contributed by atoms with van der Waals surface area (Å²) in [5.74, 6) is -0.0225. The number of thioether (sulfide) groups is 1. The lowest BCUT2D eigenvalue weighted by molar-refractivity contribution is -0.136. The van der Waals surface area contributed by atoms with Gasteiger partial charge in [0.25, 0.3) is 5.56 Å². The van der Waals surface area contributed by atoms with E-state index in [-0.39, 0.29) is 17.7 Å². The van der Waals surface area contributed by atoms with Crippen molar-refractivity contribution in [3.8, 4) is 0 Å². The Labute approximate surface area is 120 Å². The molecule has 0 aliphatic heterocycles. The number of nitrogens with one attached hydrogen (secondary N) is 1. The van der Waals surface area contributed by atoms with E-state index in [1.165, 1.54) is 23.4 Å². The van der Waals surface area contributed by atoms with Gasteiger partial charge in [-0.3, -0.25) is 9.59 Å². The van der Waals surface area contributed by atoms with E-state index in [9.17, 15) is 9.59 Å². The van der Waals surface area contributed by atoms with E-state index in [1.807, 2.05) is 31.2 Å².